The molecule has 0 saturated heterocycles. The van der Waals surface area contributed by atoms with Gasteiger partial charge in [0.15, 0.2) is 0 Å². The van der Waals surface area contributed by atoms with Crippen molar-refractivity contribution < 1.29 is 23.1 Å². The van der Waals surface area contributed by atoms with Gasteiger partial charge in [-0.1, -0.05) is 12.1 Å². The average Bonchev–Trinajstić information content (AvgIpc) is 3.19. The first-order valence-corrected chi connectivity index (χ1v) is 9.41. The Kier molecular flexibility index (Phi) is 5.38. The first kappa shape index (κ1) is 21.1. The van der Waals surface area contributed by atoms with Crippen LogP contribution in [-0.4, -0.2) is 20.6 Å². The van der Waals surface area contributed by atoms with E-state index < -0.39 is 17.9 Å². The summed E-state index contributed by atoms with van der Waals surface area (Å²) in [4.78, 5) is 16.1. The lowest BCUT2D eigenvalue weighted by atomic mass is 10.1. The van der Waals surface area contributed by atoms with E-state index in [1.807, 2.05) is 6.07 Å². The van der Waals surface area contributed by atoms with E-state index in [0.29, 0.717) is 16.8 Å². The van der Waals surface area contributed by atoms with Crippen LogP contribution in [0.5, 0.6) is 0 Å². The second kappa shape index (κ2) is 8.17. The molecule has 0 aliphatic heterocycles. The Morgan fingerprint density at radius 1 is 1.09 bits per heavy atom. The van der Waals surface area contributed by atoms with Gasteiger partial charge in [0.2, 0.25) is 5.82 Å². The zero-order valence-corrected chi connectivity index (χ0v) is 16.4. The van der Waals surface area contributed by atoms with Crippen molar-refractivity contribution in [2.75, 3.05) is 5.32 Å². The van der Waals surface area contributed by atoms with Gasteiger partial charge in [-0.15, -0.1) is 0 Å². The van der Waals surface area contributed by atoms with E-state index in [0.717, 1.165) is 4.57 Å². The van der Waals surface area contributed by atoms with Crippen molar-refractivity contribution >= 4 is 22.6 Å². The van der Waals surface area contributed by atoms with E-state index in [-0.39, 0.29) is 28.9 Å². The minimum atomic E-state index is -4.70. The molecule has 0 aliphatic carbocycles. The van der Waals surface area contributed by atoms with Gasteiger partial charge in [0, 0.05) is 16.9 Å². The Balaban J connectivity index is 1.68. The predicted molar refractivity (Wildman–Crippen MR) is 111 cm³/mol. The molecule has 1 aromatic heterocycles. The number of hydrogen-bond acceptors (Lipinski definition) is 4. The number of benzene rings is 3. The van der Waals surface area contributed by atoms with Gasteiger partial charge < -0.3 is 10.4 Å². The first-order chi connectivity index (χ1) is 15.3. The third-order valence-electron chi connectivity index (χ3n) is 4.79. The highest BCUT2D eigenvalue weighted by Gasteiger charge is 2.38. The fraction of sp³-hybridized carbons (Fsp3) is 0.0870. The molecule has 1 amide bonds. The van der Waals surface area contributed by atoms with Crippen LogP contribution in [0, 0.1) is 11.3 Å². The van der Waals surface area contributed by atoms with Gasteiger partial charge in [-0.05, 0) is 60.2 Å². The lowest BCUT2D eigenvalue weighted by Gasteiger charge is -2.12. The highest BCUT2D eigenvalue weighted by Crippen LogP contribution is 2.34. The van der Waals surface area contributed by atoms with E-state index in [4.69, 9.17) is 5.26 Å². The molecule has 4 aromatic rings. The van der Waals surface area contributed by atoms with Crippen molar-refractivity contribution in [2.45, 2.75) is 12.8 Å². The van der Waals surface area contributed by atoms with Gasteiger partial charge in [0.05, 0.1) is 29.3 Å². The summed E-state index contributed by atoms with van der Waals surface area (Å²) >= 11 is 0. The lowest BCUT2D eigenvalue weighted by molar-refractivity contribution is -0.145. The maximum atomic E-state index is 13.6. The van der Waals surface area contributed by atoms with Crippen molar-refractivity contribution in [3.8, 4) is 11.8 Å². The number of fused-ring (bicyclic) bond motifs is 1. The van der Waals surface area contributed by atoms with Crippen LogP contribution >= 0.6 is 0 Å². The van der Waals surface area contributed by atoms with E-state index in [1.54, 1.807) is 18.2 Å². The molecule has 0 atom stereocenters. The van der Waals surface area contributed by atoms with Gasteiger partial charge >= 0.3 is 6.18 Å². The molecule has 0 fully saturated rings. The van der Waals surface area contributed by atoms with Crippen LogP contribution in [0.4, 0.5) is 18.9 Å². The van der Waals surface area contributed by atoms with E-state index in [9.17, 15) is 23.1 Å². The molecule has 0 spiro atoms. The Morgan fingerprint density at radius 2 is 1.84 bits per heavy atom. The maximum Gasteiger partial charge on any atom is 0.450 e. The van der Waals surface area contributed by atoms with Gasteiger partial charge in [-0.25, -0.2) is 4.98 Å². The van der Waals surface area contributed by atoms with E-state index in [2.05, 4.69) is 10.3 Å². The molecule has 0 saturated carbocycles. The summed E-state index contributed by atoms with van der Waals surface area (Å²) in [6.45, 7) is -0.310. The number of carbonyl (C=O) groups is 1. The molecule has 0 aliphatic rings. The Labute approximate surface area is 180 Å². The fourth-order valence-electron chi connectivity index (χ4n) is 3.30. The molecule has 0 bridgehead atoms. The van der Waals surface area contributed by atoms with Crippen LogP contribution < -0.4 is 5.32 Å². The largest absolute Gasteiger partial charge is 0.450 e. The summed E-state index contributed by atoms with van der Waals surface area (Å²) in [5.74, 6) is -1.54. The predicted octanol–water partition coefficient (Wildman–Crippen LogP) is 4.66. The van der Waals surface area contributed by atoms with Crippen molar-refractivity contribution in [2.24, 2.45) is 0 Å². The zero-order valence-electron chi connectivity index (χ0n) is 16.4. The number of aliphatic hydroxyl groups excluding tert-OH is 1. The van der Waals surface area contributed by atoms with Crippen LogP contribution in [0.2, 0.25) is 0 Å². The molecule has 0 unspecified atom stereocenters. The number of anilines is 1. The van der Waals surface area contributed by atoms with Gasteiger partial charge in [-0.3, -0.25) is 9.36 Å². The Hall–Kier alpha value is -4.16. The maximum absolute atomic E-state index is 13.6. The van der Waals surface area contributed by atoms with Crippen LogP contribution in [0.15, 0.2) is 66.7 Å². The number of aliphatic hydroxyl groups is 1. The average molecular weight is 436 g/mol. The molecule has 3 aromatic carbocycles. The number of nitriles is 1. The number of halogens is 3. The third-order valence-corrected chi connectivity index (χ3v) is 4.79. The van der Waals surface area contributed by atoms with Crippen LogP contribution in [0.25, 0.3) is 16.7 Å². The number of aromatic nitrogens is 2. The minimum absolute atomic E-state index is 0.110. The van der Waals surface area contributed by atoms with E-state index >= 15 is 0 Å². The van der Waals surface area contributed by atoms with E-state index in [1.165, 1.54) is 48.5 Å². The SMILES string of the molecule is N#Cc1cccc(C(=O)Nc2ccc(-n3c(C(F)(F)F)nc4cc(CO)ccc43)cc2)c1. The summed E-state index contributed by atoms with van der Waals surface area (Å²) in [5, 5.41) is 20.9. The van der Waals surface area contributed by atoms with Gasteiger partial charge in [-0.2, -0.15) is 18.4 Å². The highest BCUT2D eigenvalue weighted by atomic mass is 19.4. The van der Waals surface area contributed by atoms with Crippen molar-refractivity contribution in [1.29, 1.82) is 5.26 Å². The molecule has 160 valence electrons. The molecule has 32 heavy (non-hydrogen) atoms. The van der Waals surface area contributed by atoms with Crippen LogP contribution in [0.3, 0.4) is 0 Å². The first-order valence-electron chi connectivity index (χ1n) is 9.41. The fourth-order valence-corrected chi connectivity index (χ4v) is 3.30. The molecular weight excluding hydrogens is 421 g/mol. The molecule has 0 radical (unpaired) electrons. The molecular formula is C23H15F3N4O2. The zero-order chi connectivity index (χ0) is 22.9. The number of rotatable bonds is 4. The molecule has 9 heteroatoms. The number of imidazole rings is 1. The monoisotopic (exact) mass is 436 g/mol. The summed E-state index contributed by atoms with van der Waals surface area (Å²) in [6, 6.07) is 18.4. The second-order valence-corrected chi connectivity index (χ2v) is 6.94. The number of nitrogens with one attached hydrogen (secondary N) is 1. The third kappa shape index (κ3) is 4.04. The van der Waals surface area contributed by atoms with Gasteiger partial charge in [0.1, 0.15) is 0 Å². The second-order valence-electron chi connectivity index (χ2n) is 6.94. The molecule has 4 rings (SSSR count). The smallest absolute Gasteiger partial charge is 0.392 e. The van der Waals surface area contributed by atoms with Crippen molar-refractivity contribution in [1.82, 2.24) is 9.55 Å². The molecule has 1 heterocycles. The molecule has 6 nitrogen and oxygen atoms in total. The minimum Gasteiger partial charge on any atom is -0.392 e. The lowest BCUT2D eigenvalue weighted by Crippen LogP contribution is -2.14. The summed E-state index contributed by atoms with van der Waals surface area (Å²) < 4.78 is 41.9. The number of nitrogens with zero attached hydrogens (tertiary/aromatic N) is 3. The molecule has 2 N–H and O–H groups in total. The summed E-state index contributed by atoms with van der Waals surface area (Å²) in [7, 11) is 0. The standard InChI is InChI=1S/C23H15F3N4O2/c24-23(25,26)22-29-19-11-15(13-31)4-9-20(19)30(22)18-7-5-17(6-8-18)28-21(32)16-3-1-2-14(10-16)12-27/h1-11,31H,13H2,(H,28,32). The van der Waals surface area contributed by atoms with Crippen LogP contribution in [0.1, 0.15) is 27.3 Å². The summed E-state index contributed by atoms with van der Waals surface area (Å²) in [5.41, 5.74) is 2.01. The van der Waals surface area contributed by atoms with Crippen LogP contribution in [-0.2, 0) is 12.8 Å². The number of hydrogen-bond donors (Lipinski definition) is 2. The number of alkyl halides is 3. The quantitative estimate of drug-likeness (QED) is 0.487. The Morgan fingerprint density at radius 3 is 2.50 bits per heavy atom. The van der Waals surface area contributed by atoms with Crippen molar-refractivity contribution in [3.05, 3.63) is 89.2 Å². The number of amides is 1. The van der Waals surface area contributed by atoms with Gasteiger partial charge in [0.25, 0.3) is 5.91 Å². The Bertz CT molecular complexity index is 1350. The number of carbonyl (C=O) groups excluding carboxylic acids is 1. The van der Waals surface area contributed by atoms with Crippen molar-refractivity contribution in [3.63, 3.8) is 0 Å². The normalized spacial score (nSPS) is 11.3. The highest BCUT2D eigenvalue weighted by molar-refractivity contribution is 6.04. The summed E-state index contributed by atoms with van der Waals surface area (Å²) in [6.07, 6.45) is -4.70. The topological polar surface area (TPSA) is 90.9 Å².